The Morgan fingerprint density at radius 2 is 1.46 bits per heavy atom. The average molecular weight is 555 g/mol. The summed E-state index contributed by atoms with van der Waals surface area (Å²) in [6.45, 7) is 0.317. The second kappa shape index (κ2) is 10.4. The second-order valence-electron chi connectivity index (χ2n) is 8.82. The van der Waals surface area contributed by atoms with E-state index in [-0.39, 0.29) is 47.8 Å². The molecule has 0 bridgehead atoms. The van der Waals surface area contributed by atoms with Gasteiger partial charge in [-0.1, -0.05) is 24.3 Å². The maximum atomic E-state index is 14.9. The quantitative estimate of drug-likeness (QED) is 0.401. The molecule has 39 heavy (non-hydrogen) atoms. The molecule has 0 spiro atoms. The number of anilines is 1. The van der Waals surface area contributed by atoms with Crippen molar-refractivity contribution in [3.8, 4) is 0 Å². The van der Waals surface area contributed by atoms with Crippen molar-refractivity contribution in [1.29, 1.82) is 0 Å². The summed E-state index contributed by atoms with van der Waals surface area (Å²) < 4.78 is 70.6. The van der Waals surface area contributed by atoms with Gasteiger partial charge in [0.05, 0.1) is 16.8 Å². The van der Waals surface area contributed by atoms with E-state index in [0.29, 0.717) is 5.39 Å². The number of rotatable bonds is 5. The molecule has 1 fully saturated rings. The van der Waals surface area contributed by atoms with E-state index in [0.717, 1.165) is 18.2 Å². The predicted molar refractivity (Wildman–Crippen MR) is 137 cm³/mol. The number of pyridine rings is 1. The molecule has 0 aliphatic carbocycles. The van der Waals surface area contributed by atoms with Crippen LogP contribution in [0.3, 0.4) is 0 Å². The first kappa shape index (κ1) is 26.2. The van der Waals surface area contributed by atoms with Crippen molar-refractivity contribution in [2.24, 2.45) is 0 Å². The molecule has 0 unspecified atom stereocenters. The summed E-state index contributed by atoms with van der Waals surface area (Å²) in [6, 6.07) is 14.7. The number of benzene rings is 3. The predicted octanol–water partition coefficient (Wildman–Crippen LogP) is 4.05. The molecule has 12 heteroatoms. The minimum atomic E-state index is -4.19. The standard InChI is InChI=1S/C27H21F3N4O4S/c28-20-7-2-6-19(24(20)30)27(36)34-14-12-33(13-15-34)26(35)18-9-10-22(21(29)16-18)32-39(37,38)23-8-1-4-17-5-3-11-31-25(17)23/h1-11,16,32H,12-15H2. The zero-order valence-corrected chi connectivity index (χ0v) is 21.1. The van der Waals surface area contributed by atoms with Crippen LogP contribution in [-0.4, -0.2) is 61.2 Å². The van der Waals surface area contributed by atoms with Gasteiger partial charge in [0.2, 0.25) is 0 Å². The van der Waals surface area contributed by atoms with Crippen molar-refractivity contribution in [3.63, 3.8) is 0 Å². The van der Waals surface area contributed by atoms with Crippen LogP contribution in [0.5, 0.6) is 0 Å². The lowest BCUT2D eigenvalue weighted by molar-refractivity contribution is 0.0532. The van der Waals surface area contributed by atoms with Gasteiger partial charge in [-0.25, -0.2) is 21.6 Å². The Kier molecular flexibility index (Phi) is 6.96. The number of piperazine rings is 1. The van der Waals surface area contributed by atoms with Gasteiger partial charge < -0.3 is 9.80 Å². The SMILES string of the molecule is O=C(c1ccc(NS(=O)(=O)c2cccc3cccnc23)c(F)c1)N1CCN(C(=O)c2cccc(F)c2F)CC1. The van der Waals surface area contributed by atoms with Crippen LogP contribution in [0.4, 0.5) is 18.9 Å². The maximum Gasteiger partial charge on any atom is 0.264 e. The summed E-state index contributed by atoms with van der Waals surface area (Å²) in [6.07, 6.45) is 1.46. The van der Waals surface area contributed by atoms with Gasteiger partial charge in [-0.3, -0.25) is 19.3 Å². The first-order chi connectivity index (χ1) is 18.7. The number of nitrogens with one attached hydrogen (secondary N) is 1. The fourth-order valence-electron chi connectivity index (χ4n) is 4.36. The zero-order chi connectivity index (χ0) is 27.7. The Morgan fingerprint density at radius 3 is 2.18 bits per heavy atom. The zero-order valence-electron chi connectivity index (χ0n) is 20.3. The lowest BCUT2D eigenvalue weighted by Gasteiger charge is -2.35. The molecule has 5 rings (SSSR count). The summed E-state index contributed by atoms with van der Waals surface area (Å²) in [4.78, 5) is 32.3. The van der Waals surface area contributed by atoms with Gasteiger partial charge in [0.15, 0.2) is 11.6 Å². The largest absolute Gasteiger partial charge is 0.335 e. The molecule has 1 saturated heterocycles. The number of para-hydroxylation sites is 1. The van der Waals surface area contributed by atoms with Crippen LogP contribution in [-0.2, 0) is 10.0 Å². The molecule has 0 atom stereocenters. The lowest BCUT2D eigenvalue weighted by Crippen LogP contribution is -2.50. The number of aromatic nitrogens is 1. The van der Waals surface area contributed by atoms with Crippen molar-refractivity contribution in [2.45, 2.75) is 4.90 Å². The first-order valence-electron chi connectivity index (χ1n) is 11.8. The van der Waals surface area contributed by atoms with E-state index in [4.69, 9.17) is 0 Å². The summed E-state index contributed by atoms with van der Waals surface area (Å²) in [5, 5.41) is 0.602. The fourth-order valence-corrected chi connectivity index (χ4v) is 5.61. The molecule has 0 radical (unpaired) electrons. The Morgan fingerprint density at radius 1 is 0.795 bits per heavy atom. The molecule has 1 aromatic heterocycles. The third-order valence-corrected chi connectivity index (χ3v) is 7.78. The Labute approximate surface area is 221 Å². The van der Waals surface area contributed by atoms with Crippen LogP contribution < -0.4 is 4.72 Å². The number of sulfonamides is 1. The Balaban J connectivity index is 1.27. The lowest BCUT2D eigenvalue weighted by atomic mass is 10.1. The Bertz CT molecular complexity index is 1700. The molecular formula is C27H21F3N4O4S. The third kappa shape index (κ3) is 5.15. The topological polar surface area (TPSA) is 99.7 Å². The van der Waals surface area contributed by atoms with Crippen LogP contribution in [0.15, 0.2) is 77.8 Å². The molecule has 8 nitrogen and oxygen atoms in total. The number of halogens is 3. The average Bonchev–Trinajstić information content (AvgIpc) is 2.94. The molecule has 4 aromatic rings. The van der Waals surface area contributed by atoms with E-state index in [2.05, 4.69) is 9.71 Å². The van der Waals surface area contributed by atoms with Gasteiger partial charge in [0, 0.05) is 43.3 Å². The van der Waals surface area contributed by atoms with Crippen molar-refractivity contribution in [1.82, 2.24) is 14.8 Å². The first-order valence-corrected chi connectivity index (χ1v) is 13.3. The molecule has 1 aliphatic heterocycles. The molecule has 1 aliphatic rings. The highest BCUT2D eigenvalue weighted by atomic mass is 32.2. The number of carbonyl (C=O) groups excluding carboxylic acids is 2. The van der Waals surface area contributed by atoms with Gasteiger partial charge in [-0.05, 0) is 42.5 Å². The molecular weight excluding hydrogens is 533 g/mol. The van der Waals surface area contributed by atoms with E-state index in [9.17, 15) is 31.2 Å². The van der Waals surface area contributed by atoms with E-state index in [1.807, 2.05) is 0 Å². The van der Waals surface area contributed by atoms with E-state index in [1.165, 1.54) is 40.3 Å². The van der Waals surface area contributed by atoms with Gasteiger partial charge in [0.1, 0.15) is 10.7 Å². The summed E-state index contributed by atoms with van der Waals surface area (Å²) in [5.74, 6) is -4.53. The number of carbonyl (C=O) groups is 2. The second-order valence-corrected chi connectivity index (χ2v) is 10.5. The smallest absolute Gasteiger partial charge is 0.264 e. The summed E-state index contributed by atoms with van der Waals surface area (Å²) in [7, 11) is -4.19. The highest BCUT2D eigenvalue weighted by molar-refractivity contribution is 7.93. The van der Waals surface area contributed by atoms with Gasteiger partial charge >= 0.3 is 0 Å². The monoisotopic (exact) mass is 554 g/mol. The normalized spacial score (nSPS) is 13.9. The van der Waals surface area contributed by atoms with Crippen molar-refractivity contribution >= 4 is 38.4 Å². The van der Waals surface area contributed by atoms with Crippen molar-refractivity contribution in [3.05, 3.63) is 102 Å². The highest BCUT2D eigenvalue weighted by Gasteiger charge is 2.28. The number of hydrogen-bond donors (Lipinski definition) is 1. The van der Waals surface area contributed by atoms with Crippen LogP contribution >= 0.6 is 0 Å². The van der Waals surface area contributed by atoms with Gasteiger partial charge in [-0.2, -0.15) is 0 Å². The number of amides is 2. The maximum absolute atomic E-state index is 14.9. The molecule has 200 valence electrons. The minimum Gasteiger partial charge on any atom is -0.335 e. The Hall–Kier alpha value is -4.45. The fraction of sp³-hybridized carbons (Fsp3) is 0.148. The van der Waals surface area contributed by atoms with Gasteiger partial charge in [-0.15, -0.1) is 0 Å². The molecule has 2 heterocycles. The summed E-state index contributed by atoms with van der Waals surface area (Å²) >= 11 is 0. The molecule has 1 N–H and O–H groups in total. The van der Waals surface area contributed by atoms with Crippen LogP contribution in [0.2, 0.25) is 0 Å². The van der Waals surface area contributed by atoms with E-state index < -0.39 is 44.9 Å². The van der Waals surface area contributed by atoms with Crippen LogP contribution in [0, 0.1) is 17.5 Å². The number of nitrogens with zero attached hydrogens (tertiary/aromatic N) is 3. The number of fused-ring (bicyclic) bond motifs is 1. The van der Waals surface area contributed by atoms with Crippen molar-refractivity contribution < 1.29 is 31.2 Å². The van der Waals surface area contributed by atoms with E-state index >= 15 is 0 Å². The van der Waals surface area contributed by atoms with Crippen molar-refractivity contribution in [2.75, 3.05) is 30.9 Å². The van der Waals surface area contributed by atoms with Crippen LogP contribution in [0.1, 0.15) is 20.7 Å². The van der Waals surface area contributed by atoms with Crippen LogP contribution in [0.25, 0.3) is 10.9 Å². The molecule has 2 amide bonds. The summed E-state index contributed by atoms with van der Waals surface area (Å²) in [5.41, 5.74) is -0.517. The molecule has 0 saturated carbocycles. The minimum absolute atomic E-state index is 0.0155. The van der Waals surface area contributed by atoms with Gasteiger partial charge in [0.25, 0.3) is 21.8 Å². The number of hydrogen-bond acceptors (Lipinski definition) is 5. The van der Waals surface area contributed by atoms with E-state index in [1.54, 1.807) is 24.3 Å². The third-order valence-electron chi connectivity index (χ3n) is 6.38. The highest BCUT2D eigenvalue weighted by Crippen LogP contribution is 2.25. The molecule has 3 aromatic carbocycles.